The predicted octanol–water partition coefficient (Wildman–Crippen LogP) is 5.07. The zero-order valence-electron chi connectivity index (χ0n) is 20.2. The number of fused-ring (bicyclic) bond motifs is 1. The van der Waals surface area contributed by atoms with Gasteiger partial charge in [-0.3, -0.25) is 9.59 Å². The quantitative estimate of drug-likeness (QED) is 0.321. The number of nitriles is 2. The molecule has 1 heterocycles. The van der Waals surface area contributed by atoms with Gasteiger partial charge in [0, 0.05) is 10.6 Å². The highest BCUT2D eigenvalue weighted by atomic mass is 32.1. The number of benzene rings is 2. The summed E-state index contributed by atoms with van der Waals surface area (Å²) in [7, 11) is 1.46. The molecule has 3 aromatic rings. The number of rotatable bonds is 8. The Morgan fingerprint density at radius 1 is 1.05 bits per heavy atom. The van der Waals surface area contributed by atoms with Gasteiger partial charge < -0.3 is 20.1 Å². The first kappa shape index (κ1) is 25.5. The molecule has 0 fully saturated rings. The average Bonchev–Trinajstić information content (AvgIpc) is 3.28. The third-order valence-electron chi connectivity index (χ3n) is 5.79. The highest BCUT2D eigenvalue weighted by Gasteiger charge is 2.23. The van der Waals surface area contributed by atoms with Crippen LogP contribution in [0.4, 0.5) is 10.7 Å². The molecule has 1 aliphatic rings. The van der Waals surface area contributed by atoms with Gasteiger partial charge in [0.25, 0.3) is 11.8 Å². The van der Waals surface area contributed by atoms with E-state index < -0.39 is 5.91 Å². The Labute approximate surface area is 218 Å². The summed E-state index contributed by atoms with van der Waals surface area (Å²) in [5.41, 5.74) is 2.58. The third kappa shape index (κ3) is 6.16. The van der Waals surface area contributed by atoms with Crippen molar-refractivity contribution in [2.45, 2.75) is 25.7 Å². The van der Waals surface area contributed by atoms with Crippen LogP contribution in [0.1, 0.15) is 34.4 Å². The van der Waals surface area contributed by atoms with Crippen LogP contribution in [-0.2, 0) is 22.4 Å². The van der Waals surface area contributed by atoms with Crippen LogP contribution in [0, 0.1) is 22.7 Å². The fourth-order valence-corrected chi connectivity index (χ4v) is 5.25. The molecule has 0 aliphatic heterocycles. The maximum Gasteiger partial charge on any atom is 0.266 e. The fourth-order valence-electron chi connectivity index (χ4n) is 4.01. The van der Waals surface area contributed by atoms with Crippen LogP contribution < -0.4 is 20.1 Å². The van der Waals surface area contributed by atoms with Gasteiger partial charge in [0.1, 0.15) is 22.7 Å². The van der Waals surface area contributed by atoms with E-state index >= 15 is 0 Å². The van der Waals surface area contributed by atoms with Crippen molar-refractivity contribution in [1.29, 1.82) is 10.5 Å². The number of carbonyl (C=O) groups excluding carboxylic acids is 2. The van der Waals surface area contributed by atoms with Crippen LogP contribution in [0.3, 0.4) is 0 Å². The van der Waals surface area contributed by atoms with Gasteiger partial charge in [0.2, 0.25) is 0 Å². The molecule has 8 nitrogen and oxygen atoms in total. The predicted molar refractivity (Wildman–Crippen MR) is 141 cm³/mol. The molecule has 0 unspecified atom stereocenters. The van der Waals surface area contributed by atoms with Crippen LogP contribution in [0.15, 0.2) is 54.1 Å². The van der Waals surface area contributed by atoms with Crippen LogP contribution in [0.2, 0.25) is 0 Å². The Balaban J connectivity index is 1.45. The lowest BCUT2D eigenvalue weighted by molar-refractivity contribution is -0.118. The smallest absolute Gasteiger partial charge is 0.266 e. The number of ether oxygens (including phenoxy) is 2. The van der Waals surface area contributed by atoms with Crippen molar-refractivity contribution in [3.05, 3.63) is 75.7 Å². The van der Waals surface area contributed by atoms with E-state index in [2.05, 4.69) is 16.7 Å². The zero-order chi connectivity index (χ0) is 26.2. The Morgan fingerprint density at radius 2 is 1.84 bits per heavy atom. The van der Waals surface area contributed by atoms with Gasteiger partial charge in [-0.15, -0.1) is 11.3 Å². The van der Waals surface area contributed by atoms with Crippen LogP contribution in [0.25, 0.3) is 6.08 Å². The van der Waals surface area contributed by atoms with Gasteiger partial charge in [0.05, 0.1) is 12.7 Å². The summed E-state index contributed by atoms with van der Waals surface area (Å²) >= 11 is 1.40. The van der Waals surface area contributed by atoms with E-state index in [4.69, 9.17) is 9.47 Å². The van der Waals surface area contributed by atoms with Crippen molar-refractivity contribution in [2.24, 2.45) is 0 Å². The molecule has 186 valence electrons. The molecule has 37 heavy (non-hydrogen) atoms. The number of nitrogens with zero attached hydrogens (tertiary/aromatic N) is 2. The topological polar surface area (TPSA) is 124 Å². The molecule has 0 saturated carbocycles. The SMILES string of the molecule is COc1cc(/C=C(\C#N)C(=O)Nc2sc3c(c2C#N)CCCC3)ccc1OCC(=O)Nc1ccccc1. The summed E-state index contributed by atoms with van der Waals surface area (Å²) in [6.45, 7) is -0.224. The molecular formula is C28H24N4O4S. The molecular weight excluding hydrogens is 488 g/mol. The van der Waals surface area contributed by atoms with E-state index in [1.807, 2.05) is 24.3 Å². The molecule has 0 spiro atoms. The second kappa shape index (κ2) is 11.9. The van der Waals surface area contributed by atoms with Crippen molar-refractivity contribution in [3.63, 3.8) is 0 Å². The molecule has 0 saturated heterocycles. The van der Waals surface area contributed by atoms with Crippen LogP contribution in [-0.4, -0.2) is 25.5 Å². The molecule has 0 atom stereocenters. The summed E-state index contributed by atoms with van der Waals surface area (Å²) in [6, 6.07) is 18.0. The van der Waals surface area contributed by atoms with Gasteiger partial charge in [-0.2, -0.15) is 10.5 Å². The lowest BCUT2D eigenvalue weighted by atomic mass is 9.96. The molecule has 2 amide bonds. The number of aryl methyl sites for hydroxylation is 1. The number of hydrogen-bond donors (Lipinski definition) is 2. The molecule has 1 aliphatic carbocycles. The van der Waals surface area contributed by atoms with Crippen LogP contribution >= 0.6 is 11.3 Å². The normalized spacial score (nSPS) is 12.5. The number of nitrogens with one attached hydrogen (secondary N) is 2. The third-order valence-corrected chi connectivity index (χ3v) is 7.00. The number of carbonyl (C=O) groups is 2. The largest absolute Gasteiger partial charge is 0.493 e. The number of thiophene rings is 1. The first-order valence-corrected chi connectivity index (χ1v) is 12.5. The van der Waals surface area contributed by atoms with Gasteiger partial charge in [-0.1, -0.05) is 24.3 Å². The fraction of sp³-hybridized carbons (Fsp3) is 0.214. The van der Waals surface area contributed by atoms with Gasteiger partial charge in [-0.25, -0.2) is 0 Å². The number of methoxy groups -OCH3 is 1. The molecule has 2 N–H and O–H groups in total. The van der Waals surface area contributed by atoms with Gasteiger partial charge in [-0.05, 0) is 67.2 Å². The Bertz CT molecular complexity index is 1430. The second-order valence-electron chi connectivity index (χ2n) is 8.26. The maximum absolute atomic E-state index is 12.9. The van der Waals surface area contributed by atoms with Crippen molar-refractivity contribution in [3.8, 4) is 23.6 Å². The lowest BCUT2D eigenvalue weighted by Crippen LogP contribution is -2.20. The van der Waals surface area contributed by atoms with Gasteiger partial charge in [0.15, 0.2) is 18.1 Å². The zero-order valence-corrected chi connectivity index (χ0v) is 21.0. The Kier molecular flexibility index (Phi) is 8.19. The van der Waals surface area contributed by atoms with Crippen LogP contribution in [0.5, 0.6) is 11.5 Å². The Morgan fingerprint density at radius 3 is 2.57 bits per heavy atom. The van der Waals surface area contributed by atoms with Crippen molar-refractivity contribution >= 4 is 39.9 Å². The van der Waals surface area contributed by atoms with Crippen molar-refractivity contribution < 1.29 is 19.1 Å². The van der Waals surface area contributed by atoms with E-state index in [0.29, 0.717) is 33.3 Å². The first-order valence-electron chi connectivity index (χ1n) is 11.7. The molecule has 0 radical (unpaired) electrons. The highest BCUT2D eigenvalue weighted by Crippen LogP contribution is 2.38. The number of para-hydroxylation sites is 1. The standard InChI is InChI=1S/C28H24N4O4S/c1-35-24-14-18(11-12-23(24)36-17-26(33)31-20-7-3-2-4-8-20)13-19(15-29)27(34)32-28-22(16-30)21-9-5-6-10-25(21)37-28/h2-4,7-8,11-14H,5-6,9-10,17H2,1H3,(H,31,33)(H,32,34)/b19-13+. The lowest BCUT2D eigenvalue weighted by Gasteiger charge is -2.12. The number of anilines is 2. The molecule has 9 heteroatoms. The van der Waals surface area contributed by atoms with E-state index in [1.54, 1.807) is 30.3 Å². The minimum Gasteiger partial charge on any atom is -0.493 e. The minimum atomic E-state index is -0.588. The van der Waals surface area contributed by atoms with Crippen molar-refractivity contribution in [2.75, 3.05) is 24.4 Å². The van der Waals surface area contributed by atoms with E-state index in [9.17, 15) is 20.1 Å². The van der Waals surface area contributed by atoms with Gasteiger partial charge >= 0.3 is 0 Å². The molecule has 0 bridgehead atoms. The highest BCUT2D eigenvalue weighted by molar-refractivity contribution is 7.16. The maximum atomic E-state index is 12.9. The summed E-state index contributed by atoms with van der Waals surface area (Å²) in [4.78, 5) is 26.2. The van der Waals surface area contributed by atoms with E-state index in [-0.39, 0.29) is 18.1 Å². The minimum absolute atomic E-state index is 0.117. The Hall–Kier alpha value is -4.60. The average molecular weight is 513 g/mol. The molecule has 2 aromatic carbocycles. The summed E-state index contributed by atoms with van der Waals surface area (Å²) in [5.74, 6) is -0.229. The monoisotopic (exact) mass is 512 g/mol. The molecule has 1 aromatic heterocycles. The van der Waals surface area contributed by atoms with Crippen molar-refractivity contribution in [1.82, 2.24) is 0 Å². The summed E-state index contributed by atoms with van der Waals surface area (Å²) in [5, 5.41) is 25.2. The van der Waals surface area contributed by atoms with E-state index in [0.717, 1.165) is 36.1 Å². The first-order chi connectivity index (χ1) is 18.0. The molecule has 4 rings (SSSR count). The summed E-state index contributed by atoms with van der Waals surface area (Å²) in [6.07, 6.45) is 5.24. The number of hydrogen-bond acceptors (Lipinski definition) is 7. The number of amides is 2. The second-order valence-corrected chi connectivity index (χ2v) is 9.37. The van der Waals surface area contributed by atoms with E-state index in [1.165, 1.54) is 24.5 Å². The summed E-state index contributed by atoms with van der Waals surface area (Å²) < 4.78 is 11.0.